The maximum Gasteiger partial charge on any atom is 0.573 e. The molecule has 1 N–H and O–H groups in total. The lowest BCUT2D eigenvalue weighted by Crippen LogP contribution is -2.19. The van der Waals surface area contributed by atoms with E-state index in [0.717, 1.165) is 10.6 Å². The third kappa shape index (κ3) is 4.98. The molecule has 1 aromatic carbocycles. The van der Waals surface area contributed by atoms with Gasteiger partial charge in [0.1, 0.15) is 10.8 Å². The van der Waals surface area contributed by atoms with E-state index in [2.05, 4.69) is 31.0 Å². The Morgan fingerprint density at radius 1 is 1.43 bits per heavy atom. The third-order valence-electron chi connectivity index (χ3n) is 2.66. The lowest BCUT2D eigenvalue weighted by Gasteiger charge is -2.13. The van der Waals surface area contributed by atoms with Gasteiger partial charge in [0.15, 0.2) is 0 Å². The number of halogens is 4. The number of nitrogens with one attached hydrogen (secondary N) is 1. The standard InChI is InChI=1S/C13H12BrF3N2OS/c1-8(12-18-4-5-21-12)19-7-9-2-3-11(10(14)6-9)20-13(15,16)17/h2-6,8,19H,7H2,1H3. The van der Waals surface area contributed by atoms with E-state index >= 15 is 0 Å². The lowest BCUT2D eigenvalue weighted by molar-refractivity contribution is -0.274. The van der Waals surface area contributed by atoms with Crippen LogP contribution >= 0.6 is 27.3 Å². The van der Waals surface area contributed by atoms with E-state index in [4.69, 9.17) is 0 Å². The van der Waals surface area contributed by atoms with Crippen molar-refractivity contribution in [2.75, 3.05) is 0 Å². The molecule has 2 rings (SSSR count). The molecule has 0 amide bonds. The van der Waals surface area contributed by atoms with Gasteiger partial charge in [-0.25, -0.2) is 4.98 Å². The molecule has 0 aliphatic rings. The Kier molecular flexibility index (Phi) is 5.23. The summed E-state index contributed by atoms with van der Waals surface area (Å²) in [5, 5.41) is 6.12. The molecular weight excluding hydrogens is 369 g/mol. The van der Waals surface area contributed by atoms with Gasteiger partial charge in [-0.1, -0.05) is 6.07 Å². The summed E-state index contributed by atoms with van der Waals surface area (Å²) in [6.07, 6.45) is -2.96. The highest BCUT2D eigenvalue weighted by Gasteiger charge is 2.31. The van der Waals surface area contributed by atoms with Crippen LogP contribution in [0.3, 0.4) is 0 Å². The van der Waals surface area contributed by atoms with Crippen LogP contribution in [0.2, 0.25) is 0 Å². The van der Waals surface area contributed by atoms with Crippen LogP contribution < -0.4 is 10.1 Å². The van der Waals surface area contributed by atoms with Crippen molar-refractivity contribution in [3.63, 3.8) is 0 Å². The molecule has 3 nitrogen and oxygen atoms in total. The van der Waals surface area contributed by atoms with Gasteiger partial charge in [0.05, 0.1) is 10.5 Å². The van der Waals surface area contributed by atoms with Gasteiger partial charge in [0, 0.05) is 18.1 Å². The Morgan fingerprint density at radius 2 is 2.19 bits per heavy atom. The smallest absolute Gasteiger partial charge is 0.405 e. The Balaban J connectivity index is 1.97. The Morgan fingerprint density at radius 3 is 2.76 bits per heavy atom. The summed E-state index contributed by atoms with van der Waals surface area (Å²) < 4.78 is 40.7. The first kappa shape index (κ1) is 16.3. The fraction of sp³-hybridized carbons (Fsp3) is 0.308. The Labute approximate surface area is 132 Å². The van der Waals surface area contributed by atoms with Crippen molar-refractivity contribution in [3.05, 3.63) is 44.8 Å². The van der Waals surface area contributed by atoms with Gasteiger partial charge >= 0.3 is 6.36 Å². The molecule has 1 unspecified atom stereocenters. The molecule has 1 heterocycles. The fourth-order valence-corrected chi connectivity index (χ4v) is 2.85. The zero-order chi connectivity index (χ0) is 15.5. The van der Waals surface area contributed by atoms with Crippen LogP contribution in [-0.2, 0) is 6.54 Å². The van der Waals surface area contributed by atoms with Gasteiger partial charge in [0.25, 0.3) is 0 Å². The highest BCUT2D eigenvalue weighted by Crippen LogP contribution is 2.31. The van der Waals surface area contributed by atoms with Crippen LogP contribution in [0.1, 0.15) is 23.5 Å². The quantitative estimate of drug-likeness (QED) is 0.819. The van der Waals surface area contributed by atoms with Crippen LogP contribution in [0.15, 0.2) is 34.2 Å². The van der Waals surface area contributed by atoms with Gasteiger partial charge in [0.2, 0.25) is 0 Å². The van der Waals surface area contributed by atoms with Crippen LogP contribution in [0.4, 0.5) is 13.2 Å². The predicted molar refractivity (Wildman–Crippen MR) is 78.2 cm³/mol. The number of alkyl halides is 3. The summed E-state index contributed by atoms with van der Waals surface area (Å²) in [5.41, 5.74) is 0.847. The molecule has 0 aliphatic heterocycles. The van der Waals surface area contributed by atoms with E-state index in [9.17, 15) is 13.2 Å². The molecule has 0 saturated carbocycles. The molecule has 0 bridgehead atoms. The maximum absolute atomic E-state index is 12.2. The van der Waals surface area contributed by atoms with Gasteiger partial charge in [-0.3, -0.25) is 0 Å². The molecule has 2 aromatic rings. The van der Waals surface area contributed by atoms with E-state index in [1.807, 2.05) is 12.3 Å². The second kappa shape index (κ2) is 6.76. The van der Waals surface area contributed by atoms with Gasteiger partial charge in [-0.05, 0) is 40.5 Å². The van der Waals surface area contributed by atoms with Crippen molar-refractivity contribution in [1.82, 2.24) is 10.3 Å². The van der Waals surface area contributed by atoms with Crippen molar-refractivity contribution >= 4 is 27.3 Å². The second-order valence-electron chi connectivity index (χ2n) is 4.29. The van der Waals surface area contributed by atoms with E-state index < -0.39 is 6.36 Å². The van der Waals surface area contributed by atoms with Gasteiger partial charge in [-0.2, -0.15) is 0 Å². The summed E-state index contributed by atoms with van der Waals surface area (Å²) in [6.45, 7) is 2.50. The number of aromatic nitrogens is 1. The number of nitrogens with zero attached hydrogens (tertiary/aromatic N) is 1. The Hall–Kier alpha value is -1.12. The minimum absolute atomic E-state index is 0.0786. The topological polar surface area (TPSA) is 34.1 Å². The molecule has 0 aliphatic carbocycles. The first-order valence-electron chi connectivity index (χ1n) is 6.02. The lowest BCUT2D eigenvalue weighted by atomic mass is 10.2. The van der Waals surface area contributed by atoms with E-state index in [-0.39, 0.29) is 16.3 Å². The van der Waals surface area contributed by atoms with Crippen LogP contribution in [0.5, 0.6) is 5.75 Å². The average Bonchev–Trinajstić information content (AvgIpc) is 2.91. The zero-order valence-electron chi connectivity index (χ0n) is 10.9. The Bertz CT molecular complexity index is 590. The number of ether oxygens (including phenoxy) is 1. The molecule has 1 aromatic heterocycles. The molecule has 0 radical (unpaired) electrons. The molecule has 0 fully saturated rings. The average molecular weight is 381 g/mol. The maximum atomic E-state index is 12.2. The minimum Gasteiger partial charge on any atom is -0.405 e. The number of benzene rings is 1. The van der Waals surface area contributed by atoms with Crippen molar-refractivity contribution in [1.29, 1.82) is 0 Å². The first-order chi connectivity index (χ1) is 9.85. The summed E-state index contributed by atoms with van der Waals surface area (Å²) in [6, 6.07) is 4.56. The van der Waals surface area contributed by atoms with Crippen LogP contribution in [0, 0.1) is 0 Å². The van der Waals surface area contributed by atoms with Crippen molar-refractivity contribution in [2.24, 2.45) is 0 Å². The predicted octanol–water partition coefficient (Wildman–Crippen LogP) is 4.66. The molecule has 0 spiro atoms. The largest absolute Gasteiger partial charge is 0.573 e. The molecule has 114 valence electrons. The normalized spacial score (nSPS) is 13.2. The van der Waals surface area contributed by atoms with E-state index in [1.165, 1.54) is 6.07 Å². The third-order valence-corrected chi connectivity index (χ3v) is 4.23. The monoisotopic (exact) mass is 380 g/mol. The number of rotatable bonds is 5. The van der Waals surface area contributed by atoms with Gasteiger partial charge in [-0.15, -0.1) is 24.5 Å². The minimum atomic E-state index is -4.69. The number of thiazole rings is 1. The molecule has 1 atom stereocenters. The molecule has 21 heavy (non-hydrogen) atoms. The van der Waals surface area contributed by atoms with E-state index in [1.54, 1.807) is 29.7 Å². The highest BCUT2D eigenvalue weighted by molar-refractivity contribution is 9.10. The molecule has 0 saturated heterocycles. The van der Waals surface area contributed by atoms with Crippen LogP contribution in [0.25, 0.3) is 0 Å². The van der Waals surface area contributed by atoms with E-state index in [0.29, 0.717) is 6.54 Å². The summed E-state index contributed by atoms with van der Waals surface area (Å²) in [7, 11) is 0. The fourth-order valence-electron chi connectivity index (χ4n) is 1.67. The van der Waals surface area contributed by atoms with Crippen molar-refractivity contribution in [2.45, 2.75) is 25.9 Å². The molecular formula is C13H12BrF3N2OS. The number of hydrogen-bond donors (Lipinski definition) is 1. The SMILES string of the molecule is CC(NCc1ccc(OC(F)(F)F)c(Br)c1)c1nccs1. The summed E-state index contributed by atoms with van der Waals surface area (Å²) in [5.74, 6) is -0.251. The van der Waals surface area contributed by atoms with Gasteiger partial charge < -0.3 is 10.1 Å². The summed E-state index contributed by atoms with van der Waals surface area (Å²) in [4.78, 5) is 4.20. The van der Waals surface area contributed by atoms with Crippen molar-refractivity contribution < 1.29 is 17.9 Å². The first-order valence-corrected chi connectivity index (χ1v) is 7.69. The zero-order valence-corrected chi connectivity index (χ0v) is 13.3. The van der Waals surface area contributed by atoms with Crippen LogP contribution in [-0.4, -0.2) is 11.3 Å². The molecule has 8 heteroatoms. The summed E-state index contributed by atoms with van der Waals surface area (Å²) >= 11 is 4.63. The number of hydrogen-bond acceptors (Lipinski definition) is 4. The second-order valence-corrected chi connectivity index (χ2v) is 6.07. The highest BCUT2D eigenvalue weighted by atomic mass is 79.9. The van der Waals surface area contributed by atoms with Crippen molar-refractivity contribution in [3.8, 4) is 5.75 Å².